The van der Waals surface area contributed by atoms with Crippen molar-refractivity contribution in [2.75, 3.05) is 13.2 Å². The number of Topliss-reactive ketones (excluding diaryl/α,β-unsaturated/α-hetero) is 1. The second-order valence-corrected chi connectivity index (χ2v) is 5.67. The maximum atomic E-state index is 13.2. The van der Waals surface area contributed by atoms with Crippen LogP contribution in [0.2, 0.25) is 0 Å². The van der Waals surface area contributed by atoms with Gasteiger partial charge in [0, 0.05) is 17.1 Å². The monoisotopic (exact) mass is 343 g/mol. The molecule has 0 saturated heterocycles. The summed E-state index contributed by atoms with van der Waals surface area (Å²) in [5.41, 5.74) is 1.09. The number of ether oxygens (including phenoxy) is 2. The van der Waals surface area contributed by atoms with Crippen LogP contribution in [0.15, 0.2) is 48.7 Å². The molecule has 0 fully saturated rings. The van der Waals surface area contributed by atoms with Crippen LogP contribution in [0.25, 0.3) is 10.9 Å². The van der Waals surface area contributed by atoms with E-state index in [4.69, 9.17) is 9.47 Å². The summed E-state index contributed by atoms with van der Waals surface area (Å²) in [6, 6.07) is 11.2. The van der Waals surface area contributed by atoms with E-state index >= 15 is 0 Å². The zero-order chi connectivity index (χ0) is 17.8. The molecule has 5 nitrogen and oxygen atoms in total. The fraction of sp³-hybridized carbons (Fsp3) is 0.211. The van der Waals surface area contributed by atoms with Gasteiger partial charge in [0.15, 0.2) is 5.78 Å². The second kappa shape index (κ2) is 7.36. The topological polar surface area (TPSA) is 71.6 Å². The average molecular weight is 343 g/mol. The fourth-order valence-corrected chi connectivity index (χ4v) is 2.51. The highest BCUT2D eigenvalue weighted by molar-refractivity contribution is 5.96. The molecule has 0 saturated carbocycles. The van der Waals surface area contributed by atoms with Crippen LogP contribution in [0.1, 0.15) is 17.3 Å². The number of carbonyl (C=O) groups is 1. The minimum Gasteiger partial charge on any atom is -0.490 e. The largest absolute Gasteiger partial charge is 0.490 e. The molecule has 3 rings (SSSR count). The van der Waals surface area contributed by atoms with Crippen molar-refractivity contribution in [3.05, 3.63) is 60.0 Å². The summed E-state index contributed by atoms with van der Waals surface area (Å²) in [6.45, 7) is 1.29. The summed E-state index contributed by atoms with van der Waals surface area (Å²) in [5.74, 6) is 0.0742. The highest BCUT2D eigenvalue weighted by Crippen LogP contribution is 2.25. The van der Waals surface area contributed by atoms with Crippen LogP contribution < -0.4 is 9.47 Å². The van der Waals surface area contributed by atoms with Crippen molar-refractivity contribution >= 4 is 16.7 Å². The van der Waals surface area contributed by atoms with E-state index in [0.29, 0.717) is 5.75 Å². The Bertz CT molecular complexity index is 890. The van der Waals surface area contributed by atoms with Crippen LogP contribution in [-0.4, -0.2) is 35.2 Å². The molecular formula is C19H18FNO4. The highest BCUT2D eigenvalue weighted by Gasteiger charge is 2.13. The Hall–Kier alpha value is -2.86. The highest BCUT2D eigenvalue weighted by atomic mass is 19.1. The third-order valence-electron chi connectivity index (χ3n) is 3.74. The summed E-state index contributed by atoms with van der Waals surface area (Å²) >= 11 is 0. The molecule has 0 aliphatic rings. The van der Waals surface area contributed by atoms with Crippen LogP contribution in [0, 0.1) is 5.82 Å². The fourth-order valence-electron chi connectivity index (χ4n) is 2.51. The average Bonchev–Trinajstić information content (AvgIpc) is 3.08. The van der Waals surface area contributed by atoms with Gasteiger partial charge in [-0.25, -0.2) is 4.39 Å². The van der Waals surface area contributed by atoms with E-state index in [-0.39, 0.29) is 30.3 Å². The lowest BCUT2D eigenvalue weighted by Crippen LogP contribution is -2.25. The summed E-state index contributed by atoms with van der Waals surface area (Å²) in [6.07, 6.45) is 0.911. The maximum absolute atomic E-state index is 13.2. The third-order valence-corrected chi connectivity index (χ3v) is 3.74. The van der Waals surface area contributed by atoms with Crippen LogP contribution >= 0.6 is 0 Å². The van der Waals surface area contributed by atoms with Gasteiger partial charge in [-0.15, -0.1) is 0 Å². The van der Waals surface area contributed by atoms with Gasteiger partial charge in [0.2, 0.25) is 0 Å². The number of H-pyrrole nitrogens is 1. The summed E-state index contributed by atoms with van der Waals surface area (Å²) in [4.78, 5) is 14.6. The molecule has 0 amide bonds. The molecule has 0 bridgehead atoms. The molecule has 1 heterocycles. The Morgan fingerprint density at radius 2 is 1.92 bits per heavy atom. The number of nitrogens with one attached hydrogen (secondary N) is 1. The minimum atomic E-state index is -0.904. The lowest BCUT2D eigenvalue weighted by atomic mass is 10.1. The van der Waals surface area contributed by atoms with E-state index in [1.165, 1.54) is 19.1 Å². The number of benzene rings is 2. The predicted molar refractivity (Wildman–Crippen MR) is 91.7 cm³/mol. The van der Waals surface area contributed by atoms with Gasteiger partial charge in [0.1, 0.15) is 36.6 Å². The Morgan fingerprint density at radius 3 is 2.68 bits per heavy atom. The number of ketones is 1. The number of aromatic amines is 1. The van der Waals surface area contributed by atoms with E-state index in [0.717, 1.165) is 17.0 Å². The smallest absolute Gasteiger partial charge is 0.163 e. The van der Waals surface area contributed by atoms with Crippen LogP contribution in [-0.2, 0) is 0 Å². The predicted octanol–water partition coefficient (Wildman–Crippen LogP) is 3.33. The number of fused-ring (bicyclic) bond motifs is 1. The maximum Gasteiger partial charge on any atom is 0.163 e. The lowest BCUT2D eigenvalue weighted by Gasteiger charge is -2.15. The van der Waals surface area contributed by atoms with E-state index < -0.39 is 11.9 Å². The molecular weight excluding hydrogens is 325 g/mol. The van der Waals surface area contributed by atoms with Gasteiger partial charge in [0.05, 0.1) is 5.56 Å². The molecule has 1 aromatic heterocycles. The van der Waals surface area contributed by atoms with Gasteiger partial charge >= 0.3 is 0 Å². The zero-order valence-corrected chi connectivity index (χ0v) is 13.7. The molecule has 130 valence electrons. The quantitative estimate of drug-likeness (QED) is 0.646. The first-order chi connectivity index (χ1) is 12.0. The van der Waals surface area contributed by atoms with Crippen molar-refractivity contribution in [1.82, 2.24) is 4.98 Å². The van der Waals surface area contributed by atoms with Gasteiger partial charge < -0.3 is 19.6 Å². The van der Waals surface area contributed by atoms with E-state index in [1.807, 2.05) is 30.5 Å². The summed E-state index contributed by atoms with van der Waals surface area (Å²) in [5, 5.41) is 11.0. The number of halogens is 1. The third kappa shape index (κ3) is 3.97. The van der Waals surface area contributed by atoms with Gasteiger partial charge in [-0.05, 0) is 43.3 Å². The van der Waals surface area contributed by atoms with E-state index in [2.05, 4.69) is 4.98 Å². The molecule has 6 heteroatoms. The number of aliphatic hydroxyl groups is 1. The molecule has 1 atom stereocenters. The van der Waals surface area contributed by atoms with Gasteiger partial charge in [-0.2, -0.15) is 0 Å². The van der Waals surface area contributed by atoms with Crippen LogP contribution in [0.4, 0.5) is 4.39 Å². The lowest BCUT2D eigenvalue weighted by molar-refractivity contribution is 0.0625. The zero-order valence-electron chi connectivity index (χ0n) is 13.7. The van der Waals surface area contributed by atoms with Crippen molar-refractivity contribution < 1.29 is 23.8 Å². The van der Waals surface area contributed by atoms with Crippen molar-refractivity contribution in [3.63, 3.8) is 0 Å². The Balaban J connectivity index is 1.59. The number of aliphatic hydroxyl groups excluding tert-OH is 1. The molecule has 0 aliphatic heterocycles. The number of carbonyl (C=O) groups excluding carboxylic acids is 1. The van der Waals surface area contributed by atoms with Gasteiger partial charge in [-0.3, -0.25) is 4.79 Å². The van der Waals surface area contributed by atoms with Crippen LogP contribution in [0.5, 0.6) is 11.5 Å². The van der Waals surface area contributed by atoms with Crippen molar-refractivity contribution in [2.24, 2.45) is 0 Å². The molecule has 0 radical (unpaired) electrons. The van der Waals surface area contributed by atoms with Crippen LogP contribution in [0.3, 0.4) is 0 Å². The van der Waals surface area contributed by atoms with Crippen molar-refractivity contribution in [2.45, 2.75) is 13.0 Å². The summed E-state index contributed by atoms with van der Waals surface area (Å²) in [7, 11) is 0. The van der Waals surface area contributed by atoms with E-state index in [9.17, 15) is 14.3 Å². The molecule has 3 aromatic rings. The number of hydrogen-bond donors (Lipinski definition) is 2. The molecule has 2 aromatic carbocycles. The Morgan fingerprint density at radius 1 is 1.16 bits per heavy atom. The summed E-state index contributed by atoms with van der Waals surface area (Å²) < 4.78 is 24.3. The van der Waals surface area contributed by atoms with Crippen molar-refractivity contribution in [1.29, 1.82) is 0 Å². The molecule has 0 spiro atoms. The Kier molecular flexibility index (Phi) is 5.00. The normalized spacial score (nSPS) is 12.1. The van der Waals surface area contributed by atoms with E-state index in [1.54, 1.807) is 0 Å². The SMILES string of the molecule is CC(=O)c1cc(F)ccc1OCC(O)COc1cccc2[nH]ccc12. The van der Waals surface area contributed by atoms with Crippen molar-refractivity contribution in [3.8, 4) is 11.5 Å². The Labute approximate surface area is 144 Å². The first-order valence-corrected chi connectivity index (χ1v) is 7.85. The minimum absolute atomic E-state index is 0.0287. The molecule has 25 heavy (non-hydrogen) atoms. The van der Waals surface area contributed by atoms with Gasteiger partial charge in [0.25, 0.3) is 0 Å². The number of hydrogen-bond acceptors (Lipinski definition) is 4. The number of rotatable bonds is 7. The number of aromatic nitrogens is 1. The second-order valence-electron chi connectivity index (χ2n) is 5.67. The molecule has 0 aliphatic carbocycles. The molecule has 1 unspecified atom stereocenters. The first kappa shape index (κ1) is 17.0. The first-order valence-electron chi connectivity index (χ1n) is 7.85. The molecule has 2 N–H and O–H groups in total. The van der Waals surface area contributed by atoms with Gasteiger partial charge in [-0.1, -0.05) is 6.07 Å². The standard InChI is InChI=1S/C19H18FNO4/c1-12(22)16-9-13(20)5-6-19(16)25-11-14(23)10-24-18-4-2-3-17-15(18)7-8-21-17/h2-9,14,21,23H,10-11H2,1H3.